The molecule has 0 heterocycles. The van der Waals surface area contributed by atoms with E-state index in [2.05, 4.69) is 4.74 Å². The predicted molar refractivity (Wildman–Crippen MR) is 66.1 cm³/mol. The number of ether oxygens (including phenoxy) is 1. The number of esters is 1. The fraction of sp³-hybridized carbons (Fsp3) is 0.273. The van der Waals surface area contributed by atoms with Crippen LogP contribution < -0.4 is 0 Å². The molecule has 0 saturated heterocycles. The van der Waals surface area contributed by atoms with Crippen molar-refractivity contribution >= 4 is 22.7 Å². The van der Waals surface area contributed by atoms with Crippen molar-refractivity contribution in [3.8, 4) is 6.07 Å². The van der Waals surface area contributed by atoms with Gasteiger partial charge in [0.25, 0.3) is 5.69 Å². The summed E-state index contributed by atoms with van der Waals surface area (Å²) in [5.74, 6) is -2.75. The molecule has 0 saturated carbocycles. The molecule has 0 radical (unpaired) electrons. The zero-order valence-electron chi connectivity index (χ0n) is 10.3. The highest BCUT2D eigenvalue weighted by molar-refractivity contribution is 7.78. The summed E-state index contributed by atoms with van der Waals surface area (Å²) in [6.45, 7) is 0. The van der Waals surface area contributed by atoms with Gasteiger partial charge >= 0.3 is 5.97 Å². The molecule has 0 N–H and O–H groups in total. The van der Waals surface area contributed by atoms with Crippen molar-refractivity contribution in [2.45, 2.75) is 11.7 Å². The minimum atomic E-state index is -2.40. The number of hydrogen-bond donors (Lipinski definition) is 0. The minimum Gasteiger partial charge on any atom is -0.772 e. The molecule has 0 bridgehead atoms. The van der Waals surface area contributed by atoms with Crippen molar-refractivity contribution in [3.63, 3.8) is 0 Å². The van der Waals surface area contributed by atoms with Crippen LogP contribution in [0.2, 0.25) is 0 Å². The zero-order valence-corrected chi connectivity index (χ0v) is 11.1. The third-order valence-corrected chi connectivity index (χ3v) is 3.02. The quantitative estimate of drug-likeness (QED) is 0.339. The van der Waals surface area contributed by atoms with Crippen LogP contribution in [0.15, 0.2) is 18.2 Å². The second-order valence-corrected chi connectivity index (χ2v) is 4.58. The van der Waals surface area contributed by atoms with Crippen molar-refractivity contribution < 1.29 is 23.2 Å². The molecule has 1 aromatic carbocycles. The molecule has 8 nitrogen and oxygen atoms in total. The third-order valence-electron chi connectivity index (χ3n) is 2.45. The number of nitriles is 1. The summed E-state index contributed by atoms with van der Waals surface area (Å²) in [7, 11) is 1.06. The Kier molecular flexibility index (Phi) is 5.31. The molecule has 0 aliphatic rings. The lowest BCUT2D eigenvalue weighted by molar-refractivity contribution is -0.385. The van der Waals surface area contributed by atoms with Crippen LogP contribution in [0.5, 0.6) is 0 Å². The van der Waals surface area contributed by atoms with Crippen LogP contribution in [-0.4, -0.2) is 26.8 Å². The molecule has 0 fully saturated rings. The lowest BCUT2D eigenvalue weighted by Gasteiger charge is -2.10. The number of nitrogens with zero attached hydrogens (tertiary/aromatic N) is 2. The SMILES string of the molecule is COC(=O)C(C#N)c1ccc(CS(=O)[O-])cc1[N+](=O)[O-]. The maximum Gasteiger partial charge on any atom is 0.327 e. The Labute approximate surface area is 116 Å². The van der Waals surface area contributed by atoms with E-state index in [0.717, 1.165) is 13.2 Å². The predicted octanol–water partition coefficient (Wildman–Crippen LogP) is 0.754. The fourth-order valence-corrected chi connectivity index (χ4v) is 2.04. The molecule has 9 heteroatoms. The van der Waals surface area contributed by atoms with E-state index in [9.17, 15) is 23.7 Å². The van der Waals surface area contributed by atoms with Gasteiger partial charge in [-0.1, -0.05) is 17.1 Å². The molecular weight excluding hydrogens is 288 g/mol. The molecule has 20 heavy (non-hydrogen) atoms. The number of nitro groups is 1. The molecule has 1 aromatic rings. The van der Waals surface area contributed by atoms with Gasteiger partial charge in [-0.2, -0.15) is 5.26 Å². The lowest BCUT2D eigenvalue weighted by Crippen LogP contribution is -2.14. The Bertz CT molecular complexity index is 609. The average molecular weight is 297 g/mol. The first-order chi connectivity index (χ1) is 9.40. The van der Waals surface area contributed by atoms with Gasteiger partial charge in [0.2, 0.25) is 0 Å². The van der Waals surface area contributed by atoms with Gasteiger partial charge in [0.05, 0.1) is 23.7 Å². The second-order valence-electron chi connectivity index (χ2n) is 3.68. The molecule has 0 aliphatic carbocycles. The Morgan fingerprint density at radius 3 is 2.70 bits per heavy atom. The van der Waals surface area contributed by atoms with E-state index >= 15 is 0 Å². The summed E-state index contributed by atoms with van der Waals surface area (Å²) in [5.41, 5.74) is -0.440. The van der Waals surface area contributed by atoms with Crippen molar-refractivity contribution in [2.75, 3.05) is 7.11 Å². The van der Waals surface area contributed by atoms with E-state index in [1.54, 1.807) is 6.07 Å². The first kappa shape index (κ1) is 15.7. The van der Waals surface area contributed by atoms with E-state index in [1.165, 1.54) is 12.1 Å². The number of nitro benzene ring substituents is 1. The number of carbonyl (C=O) groups is 1. The Balaban J connectivity index is 3.33. The van der Waals surface area contributed by atoms with Gasteiger partial charge in [-0.05, 0) is 11.6 Å². The number of rotatable bonds is 5. The molecule has 2 unspecified atom stereocenters. The monoisotopic (exact) mass is 297 g/mol. The summed E-state index contributed by atoms with van der Waals surface area (Å²) < 4.78 is 25.6. The molecule has 0 aromatic heterocycles. The van der Waals surface area contributed by atoms with E-state index < -0.39 is 39.3 Å². The molecule has 0 spiro atoms. The van der Waals surface area contributed by atoms with Crippen LogP contribution in [0.4, 0.5) is 5.69 Å². The fourth-order valence-electron chi connectivity index (χ4n) is 1.58. The van der Waals surface area contributed by atoms with Crippen molar-refractivity contribution in [1.29, 1.82) is 5.26 Å². The summed E-state index contributed by atoms with van der Waals surface area (Å²) in [6, 6.07) is 5.15. The molecule has 1 rings (SSSR count). The second kappa shape index (κ2) is 6.74. The standard InChI is InChI=1S/C11H10N2O6S/c1-19-11(14)9(5-12)8-3-2-7(6-20(17)18)4-10(8)13(15)16/h2-4,9H,6H2,1H3,(H,17,18)/p-1. The topological polar surface area (TPSA) is 133 Å². The molecule has 2 atom stereocenters. The first-order valence-electron chi connectivity index (χ1n) is 5.21. The van der Waals surface area contributed by atoms with Crippen molar-refractivity contribution in [3.05, 3.63) is 39.4 Å². The van der Waals surface area contributed by atoms with E-state index in [0.29, 0.717) is 0 Å². The highest BCUT2D eigenvalue weighted by Gasteiger charge is 2.29. The summed E-state index contributed by atoms with van der Waals surface area (Å²) in [4.78, 5) is 21.6. The summed E-state index contributed by atoms with van der Waals surface area (Å²) in [6.07, 6.45) is 0. The summed E-state index contributed by atoms with van der Waals surface area (Å²) in [5, 5.41) is 19.9. The van der Waals surface area contributed by atoms with Crippen molar-refractivity contribution in [2.24, 2.45) is 0 Å². The zero-order chi connectivity index (χ0) is 15.3. The van der Waals surface area contributed by atoms with Crippen LogP contribution in [0.1, 0.15) is 17.0 Å². The van der Waals surface area contributed by atoms with Crippen LogP contribution in [-0.2, 0) is 26.4 Å². The number of benzene rings is 1. The van der Waals surface area contributed by atoms with Gasteiger partial charge in [-0.15, -0.1) is 0 Å². The maximum absolute atomic E-state index is 11.4. The number of hydrogen-bond acceptors (Lipinski definition) is 7. The maximum atomic E-state index is 11.4. The van der Waals surface area contributed by atoms with Crippen LogP contribution in [0, 0.1) is 21.4 Å². The van der Waals surface area contributed by atoms with Gasteiger partial charge < -0.3 is 9.29 Å². The summed E-state index contributed by atoms with van der Waals surface area (Å²) >= 11 is -2.40. The Hall–Kier alpha value is -2.31. The van der Waals surface area contributed by atoms with E-state index in [-0.39, 0.29) is 11.1 Å². The normalized spacial score (nSPS) is 13.1. The minimum absolute atomic E-state index is 0.134. The molecule has 106 valence electrons. The van der Waals surface area contributed by atoms with Gasteiger partial charge in [0.15, 0.2) is 5.92 Å². The van der Waals surface area contributed by atoms with E-state index in [4.69, 9.17) is 5.26 Å². The number of methoxy groups -OCH3 is 1. The average Bonchev–Trinajstić information content (AvgIpc) is 2.39. The molecule has 0 amide bonds. The van der Waals surface area contributed by atoms with Crippen LogP contribution in [0.3, 0.4) is 0 Å². The van der Waals surface area contributed by atoms with Gasteiger partial charge in [-0.3, -0.25) is 19.1 Å². The lowest BCUT2D eigenvalue weighted by atomic mass is 9.97. The highest BCUT2D eigenvalue weighted by atomic mass is 32.2. The largest absolute Gasteiger partial charge is 0.772 e. The Morgan fingerprint density at radius 2 is 2.25 bits per heavy atom. The Morgan fingerprint density at radius 1 is 1.60 bits per heavy atom. The smallest absolute Gasteiger partial charge is 0.327 e. The van der Waals surface area contributed by atoms with Crippen LogP contribution >= 0.6 is 0 Å². The van der Waals surface area contributed by atoms with E-state index in [1.807, 2.05) is 0 Å². The third kappa shape index (κ3) is 3.59. The van der Waals surface area contributed by atoms with Crippen LogP contribution in [0.25, 0.3) is 0 Å². The first-order valence-corrected chi connectivity index (χ1v) is 6.45. The van der Waals surface area contributed by atoms with Gasteiger partial charge in [0.1, 0.15) is 0 Å². The highest BCUT2D eigenvalue weighted by Crippen LogP contribution is 2.28. The number of carbonyl (C=O) groups excluding carboxylic acids is 1. The van der Waals surface area contributed by atoms with Gasteiger partial charge in [0, 0.05) is 11.8 Å². The van der Waals surface area contributed by atoms with Gasteiger partial charge in [-0.25, -0.2) is 0 Å². The molecule has 0 aliphatic heterocycles. The molecular formula is C11H9N2O6S-. The van der Waals surface area contributed by atoms with Crippen molar-refractivity contribution in [1.82, 2.24) is 0 Å².